The van der Waals surface area contributed by atoms with Crippen LogP contribution in [0.1, 0.15) is 17.5 Å². The highest BCUT2D eigenvalue weighted by atomic mass is 35.5. The summed E-state index contributed by atoms with van der Waals surface area (Å²) >= 11 is 6.03. The molecule has 0 aliphatic carbocycles. The minimum atomic E-state index is 0.561. The number of hydrogen-bond acceptors (Lipinski definition) is 3. The highest BCUT2D eigenvalue weighted by Crippen LogP contribution is 2.28. The maximum absolute atomic E-state index is 6.03. The molecule has 3 rings (SSSR count). The molecule has 0 unspecified atom stereocenters. The quantitative estimate of drug-likeness (QED) is 0.805. The lowest BCUT2D eigenvalue weighted by Gasteiger charge is -2.30. The van der Waals surface area contributed by atoms with Gasteiger partial charge in [-0.2, -0.15) is 0 Å². The third-order valence-electron chi connectivity index (χ3n) is 3.63. The molecular weight excluding hydrogens is 272 g/mol. The second kappa shape index (κ2) is 5.71. The van der Waals surface area contributed by atoms with E-state index in [1.807, 2.05) is 18.2 Å². The summed E-state index contributed by atoms with van der Waals surface area (Å²) in [5.41, 5.74) is 2.54. The number of anilines is 1. The number of aryl methyl sites for hydroxylation is 1. The fraction of sp³-hybridized carbons (Fsp3) is 0.312. The summed E-state index contributed by atoms with van der Waals surface area (Å²) in [6.07, 6.45) is 2.24. The summed E-state index contributed by atoms with van der Waals surface area (Å²) in [6.45, 7) is 1.87. The van der Waals surface area contributed by atoms with Gasteiger partial charge in [-0.05, 0) is 42.2 Å². The molecule has 104 valence electrons. The van der Waals surface area contributed by atoms with E-state index in [2.05, 4.69) is 28.1 Å². The van der Waals surface area contributed by atoms with Crippen molar-refractivity contribution < 1.29 is 4.74 Å². The van der Waals surface area contributed by atoms with E-state index in [4.69, 9.17) is 16.3 Å². The number of pyridine rings is 1. The van der Waals surface area contributed by atoms with Crippen molar-refractivity contribution in [1.29, 1.82) is 0 Å². The molecule has 0 saturated carbocycles. The van der Waals surface area contributed by atoms with Crippen LogP contribution in [0.5, 0.6) is 5.75 Å². The van der Waals surface area contributed by atoms with Gasteiger partial charge in [0.2, 0.25) is 0 Å². The summed E-state index contributed by atoms with van der Waals surface area (Å²) in [5.74, 6) is 1.91. The minimum Gasteiger partial charge on any atom is -0.497 e. The van der Waals surface area contributed by atoms with E-state index in [0.29, 0.717) is 5.15 Å². The lowest BCUT2D eigenvalue weighted by molar-refractivity contribution is 0.414. The lowest BCUT2D eigenvalue weighted by atomic mass is 10.0. The second-order valence-corrected chi connectivity index (χ2v) is 5.38. The maximum Gasteiger partial charge on any atom is 0.133 e. The van der Waals surface area contributed by atoms with Gasteiger partial charge in [0.05, 0.1) is 7.11 Å². The van der Waals surface area contributed by atoms with Gasteiger partial charge in [0.1, 0.15) is 16.7 Å². The Balaban J connectivity index is 1.83. The molecule has 1 aliphatic heterocycles. The van der Waals surface area contributed by atoms with E-state index in [-0.39, 0.29) is 0 Å². The van der Waals surface area contributed by atoms with Crippen molar-refractivity contribution in [2.24, 2.45) is 0 Å². The standard InChI is InChI=1S/C16H17ClN2O/c1-20-14-7-4-12(5-8-14)11-19-10-2-3-13-6-9-15(17)18-16(13)19/h4-9H,2-3,10-11H2,1H3. The van der Waals surface area contributed by atoms with Crippen molar-refractivity contribution in [1.82, 2.24) is 4.98 Å². The van der Waals surface area contributed by atoms with Gasteiger partial charge in [0.15, 0.2) is 0 Å². The van der Waals surface area contributed by atoms with E-state index in [1.54, 1.807) is 7.11 Å². The summed E-state index contributed by atoms with van der Waals surface area (Å²) < 4.78 is 5.19. The van der Waals surface area contributed by atoms with Crippen LogP contribution in [-0.4, -0.2) is 18.6 Å². The van der Waals surface area contributed by atoms with Crippen molar-refractivity contribution in [3.05, 3.63) is 52.7 Å². The molecule has 0 fully saturated rings. The molecule has 2 aromatic rings. The molecule has 0 spiro atoms. The zero-order valence-electron chi connectivity index (χ0n) is 11.5. The van der Waals surface area contributed by atoms with E-state index >= 15 is 0 Å². The van der Waals surface area contributed by atoms with Crippen LogP contribution in [0.25, 0.3) is 0 Å². The van der Waals surface area contributed by atoms with Crippen molar-refractivity contribution in [3.63, 3.8) is 0 Å². The van der Waals surface area contributed by atoms with Gasteiger partial charge >= 0.3 is 0 Å². The Kier molecular flexibility index (Phi) is 3.79. The van der Waals surface area contributed by atoms with Crippen molar-refractivity contribution in [3.8, 4) is 5.75 Å². The van der Waals surface area contributed by atoms with Gasteiger partial charge in [-0.1, -0.05) is 29.8 Å². The molecule has 0 radical (unpaired) electrons. The third kappa shape index (κ3) is 2.73. The smallest absolute Gasteiger partial charge is 0.133 e. The number of rotatable bonds is 3. The molecule has 2 heterocycles. The van der Waals surface area contributed by atoms with Crippen LogP contribution < -0.4 is 9.64 Å². The van der Waals surface area contributed by atoms with Gasteiger partial charge in [0, 0.05) is 13.1 Å². The van der Waals surface area contributed by atoms with Crippen LogP contribution in [0.15, 0.2) is 36.4 Å². The van der Waals surface area contributed by atoms with E-state index in [0.717, 1.165) is 37.5 Å². The van der Waals surface area contributed by atoms with Crippen LogP contribution >= 0.6 is 11.6 Å². The summed E-state index contributed by atoms with van der Waals surface area (Å²) in [7, 11) is 1.68. The monoisotopic (exact) mass is 288 g/mol. The molecule has 1 aromatic carbocycles. The van der Waals surface area contributed by atoms with Crippen molar-refractivity contribution in [2.45, 2.75) is 19.4 Å². The molecular formula is C16H17ClN2O. The minimum absolute atomic E-state index is 0.561. The van der Waals surface area contributed by atoms with Crippen LogP contribution in [0, 0.1) is 0 Å². The summed E-state index contributed by atoms with van der Waals surface area (Å²) in [5, 5.41) is 0.561. The summed E-state index contributed by atoms with van der Waals surface area (Å²) in [6, 6.07) is 12.1. The van der Waals surface area contributed by atoms with E-state index in [1.165, 1.54) is 11.1 Å². The number of benzene rings is 1. The molecule has 1 aliphatic rings. The van der Waals surface area contributed by atoms with E-state index < -0.39 is 0 Å². The predicted molar refractivity (Wildman–Crippen MR) is 81.6 cm³/mol. The van der Waals surface area contributed by atoms with Crippen LogP contribution in [-0.2, 0) is 13.0 Å². The molecule has 0 amide bonds. The van der Waals surface area contributed by atoms with Gasteiger partial charge in [-0.25, -0.2) is 4.98 Å². The SMILES string of the molecule is COc1ccc(CN2CCCc3ccc(Cl)nc32)cc1. The first-order valence-electron chi connectivity index (χ1n) is 6.79. The zero-order chi connectivity index (χ0) is 13.9. The maximum atomic E-state index is 6.03. The van der Waals surface area contributed by atoms with Gasteiger partial charge < -0.3 is 9.64 Å². The Hall–Kier alpha value is -1.74. The molecule has 4 heteroatoms. The first kappa shape index (κ1) is 13.3. The molecule has 0 bridgehead atoms. The Morgan fingerprint density at radius 2 is 2.00 bits per heavy atom. The van der Waals surface area contributed by atoms with Crippen molar-refractivity contribution in [2.75, 3.05) is 18.6 Å². The van der Waals surface area contributed by atoms with Gasteiger partial charge in [-0.3, -0.25) is 0 Å². The highest BCUT2D eigenvalue weighted by Gasteiger charge is 2.18. The molecule has 0 atom stereocenters. The second-order valence-electron chi connectivity index (χ2n) is 4.99. The average Bonchev–Trinajstić information content (AvgIpc) is 2.49. The number of methoxy groups -OCH3 is 1. The van der Waals surface area contributed by atoms with Crippen LogP contribution in [0.4, 0.5) is 5.82 Å². The molecule has 1 aromatic heterocycles. The Labute approximate surface area is 124 Å². The van der Waals surface area contributed by atoms with Gasteiger partial charge in [-0.15, -0.1) is 0 Å². The summed E-state index contributed by atoms with van der Waals surface area (Å²) in [4.78, 5) is 6.79. The Morgan fingerprint density at radius 3 is 2.75 bits per heavy atom. The molecule has 0 saturated heterocycles. The van der Waals surface area contributed by atoms with Crippen LogP contribution in [0.3, 0.4) is 0 Å². The normalized spacial score (nSPS) is 14.0. The third-order valence-corrected chi connectivity index (χ3v) is 3.84. The number of nitrogens with zero attached hydrogens (tertiary/aromatic N) is 2. The number of halogens is 1. The first-order valence-corrected chi connectivity index (χ1v) is 7.17. The average molecular weight is 289 g/mol. The molecule has 0 N–H and O–H groups in total. The van der Waals surface area contributed by atoms with E-state index in [9.17, 15) is 0 Å². The fourth-order valence-electron chi connectivity index (χ4n) is 2.59. The Morgan fingerprint density at radius 1 is 1.20 bits per heavy atom. The number of aromatic nitrogens is 1. The molecule has 3 nitrogen and oxygen atoms in total. The molecule has 20 heavy (non-hydrogen) atoms. The number of fused-ring (bicyclic) bond motifs is 1. The first-order chi connectivity index (χ1) is 9.76. The zero-order valence-corrected chi connectivity index (χ0v) is 12.2. The largest absolute Gasteiger partial charge is 0.497 e. The van der Waals surface area contributed by atoms with Crippen LogP contribution in [0.2, 0.25) is 5.15 Å². The van der Waals surface area contributed by atoms with Gasteiger partial charge in [0.25, 0.3) is 0 Å². The lowest BCUT2D eigenvalue weighted by Crippen LogP contribution is -2.29. The Bertz CT molecular complexity index is 598. The number of hydrogen-bond donors (Lipinski definition) is 0. The van der Waals surface area contributed by atoms with Crippen molar-refractivity contribution >= 4 is 17.4 Å². The predicted octanol–water partition coefficient (Wildman–Crippen LogP) is 3.70. The fourth-order valence-corrected chi connectivity index (χ4v) is 2.74. The topological polar surface area (TPSA) is 25.4 Å². The number of ether oxygens (including phenoxy) is 1. The highest BCUT2D eigenvalue weighted by molar-refractivity contribution is 6.29.